The molecule has 3 aromatic rings. The van der Waals surface area contributed by atoms with Crippen LogP contribution in [0.25, 0.3) is 27.6 Å². The molecule has 30 heavy (non-hydrogen) atoms. The van der Waals surface area contributed by atoms with Crippen LogP contribution in [0.4, 0.5) is 5.82 Å². The van der Waals surface area contributed by atoms with Crippen LogP contribution in [0.15, 0.2) is 49.0 Å². The van der Waals surface area contributed by atoms with Gasteiger partial charge in [0.15, 0.2) is 5.82 Å². The van der Waals surface area contributed by atoms with Crippen molar-refractivity contribution in [2.75, 3.05) is 12.4 Å². The van der Waals surface area contributed by atoms with E-state index in [0.29, 0.717) is 23.2 Å². The Bertz CT molecular complexity index is 1100. The van der Waals surface area contributed by atoms with Crippen LogP contribution in [-0.2, 0) is 4.74 Å². The zero-order valence-electron chi connectivity index (χ0n) is 18.1. The molecule has 0 aliphatic heterocycles. The molecule has 1 aliphatic carbocycles. The van der Waals surface area contributed by atoms with E-state index in [2.05, 4.69) is 42.9 Å². The van der Waals surface area contributed by atoms with Crippen molar-refractivity contribution in [1.82, 2.24) is 10.2 Å². The maximum Gasteiger partial charge on any atom is 0.156 e. The van der Waals surface area contributed by atoms with Crippen LogP contribution < -0.4 is 5.32 Å². The van der Waals surface area contributed by atoms with Crippen molar-refractivity contribution < 1.29 is 9.84 Å². The van der Waals surface area contributed by atoms with Crippen LogP contribution in [0.1, 0.15) is 39.2 Å². The molecule has 0 saturated heterocycles. The molecule has 1 heterocycles. The lowest BCUT2D eigenvalue weighted by Gasteiger charge is -2.44. The number of fused-ring (bicyclic) bond motifs is 1. The van der Waals surface area contributed by atoms with E-state index in [4.69, 9.17) is 4.74 Å². The number of allylic oxidation sites excluding steroid dienone is 1. The van der Waals surface area contributed by atoms with Crippen molar-refractivity contribution in [3.63, 3.8) is 0 Å². The van der Waals surface area contributed by atoms with E-state index in [9.17, 15) is 5.11 Å². The summed E-state index contributed by atoms with van der Waals surface area (Å²) in [6.07, 6.45) is 1.87. The first-order valence-corrected chi connectivity index (χ1v) is 10.4. The molecule has 0 bridgehead atoms. The average molecular weight is 404 g/mol. The Hall–Kier alpha value is -2.92. The van der Waals surface area contributed by atoms with Crippen LogP contribution in [0.3, 0.4) is 0 Å². The van der Waals surface area contributed by atoms with Gasteiger partial charge < -0.3 is 15.2 Å². The minimum absolute atomic E-state index is 0.0611. The van der Waals surface area contributed by atoms with Crippen LogP contribution in [-0.4, -0.2) is 34.1 Å². The van der Waals surface area contributed by atoms with Gasteiger partial charge in [-0.2, -0.15) is 0 Å². The number of hydrogen-bond donors (Lipinski definition) is 2. The lowest BCUT2D eigenvalue weighted by atomic mass is 9.77. The Kier molecular flexibility index (Phi) is 5.24. The fourth-order valence-electron chi connectivity index (χ4n) is 4.12. The van der Waals surface area contributed by atoms with Crippen LogP contribution >= 0.6 is 0 Å². The predicted octanol–water partition coefficient (Wildman–Crippen LogP) is 5.65. The van der Waals surface area contributed by atoms with Crippen molar-refractivity contribution in [3.05, 3.63) is 54.6 Å². The number of nitrogens with zero attached hydrogens (tertiary/aromatic N) is 2. The van der Waals surface area contributed by atoms with E-state index in [-0.39, 0.29) is 11.4 Å². The third-order valence-corrected chi connectivity index (χ3v) is 6.20. The van der Waals surface area contributed by atoms with Gasteiger partial charge in [-0.05, 0) is 49.0 Å². The van der Waals surface area contributed by atoms with E-state index >= 15 is 0 Å². The quantitative estimate of drug-likeness (QED) is 0.557. The van der Waals surface area contributed by atoms with Gasteiger partial charge in [-0.25, -0.2) is 0 Å². The maximum atomic E-state index is 10.7. The molecule has 0 atom stereocenters. The highest BCUT2D eigenvalue weighted by Gasteiger charge is 2.40. The summed E-state index contributed by atoms with van der Waals surface area (Å²) in [5.41, 5.74) is 3.21. The Morgan fingerprint density at radius 2 is 1.87 bits per heavy atom. The third-order valence-electron chi connectivity index (χ3n) is 6.20. The number of aromatic hydroxyl groups is 1. The van der Waals surface area contributed by atoms with Gasteiger partial charge in [-0.15, -0.1) is 10.2 Å². The molecular weight excluding hydrogens is 374 g/mol. The van der Waals surface area contributed by atoms with Crippen molar-refractivity contribution in [1.29, 1.82) is 0 Å². The fraction of sp³-hybridized carbons (Fsp3) is 0.360. The molecule has 4 rings (SSSR count). The van der Waals surface area contributed by atoms with Gasteiger partial charge in [0.2, 0.25) is 0 Å². The largest absolute Gasteiger partial charge is 0.507 e. The lowest BCUT2D eigenvalue weighted by molar-refractivity contribution is -0.0625. The number of rotatable bonds is 6. The van der Waals surface area contributed by atoms with E-state index in [1.54, 1.807) is 13.2 Å². The molecule has 1 saturated carbocycles. The third kappa shape index (κ3) is 3.65. The molecule has 5 heteroatoms. The molecule has 0 radical (unpaired) electrons. The summed E-state index contributed by atoms with van der Waals surface area (Å²) in [6.45, 7) is 10.4. The van der Waals surface area contributed by atoms with Crippen molar-refractivity contribution >= 4 is 22.2 Å². The molecule has 1 aliphatic rings. The number of nitrogens with one attached hydrogen (secondary N) is 1. The molecule has 156 valence electrons. The Balaban J connectivity index is 1.69. The minimum atomic E-state index is -0.0611. The second-order valence-electron chi connectivity index (χ2n) is 8.76. The first kappa shape index (κ1) is 20.4. The smallest absolute Gasteiger partial charge is 0.156 e. The standard InChI is InChI=1S/C25H29N3O2/c1-15(2)16(3)17-10-11-21(22(29)12-17)23-19-8-6-7-9-20(19)24(28-27-23)26-18-13-25(4,14-18)30-5/h6-12,15,18,29H,3,13-14H2,1-2,4-5H3,(H,26,28). The molecule has 2 aromatic carbocycles. The van der Waals surface area contributed by atoms with E-state index < -0.39 is 0 Å². The van der Waals surface area contributed by atoms with Crippen molar-refractivity contribution in [3.8, 4) is 17.0 Å². The Morgan fingerprint density at radius 3 is 2.50 bits per heavy atom. The number of benzene rings is 2. The van der Waals surface area contributed by atoms with Gasteiger partial charge in [0.1, 0.15) is 11.4 Å². The highest BCUT2D eigenvalue weighted by Crippen LogP contribution is 2.39. The summed E-state index contributed by atoms with van der Waals surface area (Å²) in [7, 11) is 1.76. The van der Waals surface area contributed by atoms with Crippen molar-refractivity contribution in [2.24, 2.45) is 5.92 Å². The first-order chi connectivity index (χ1) is 14.3. The van der Waals surface area contributed by atoms with E-state index in [1.165, 1.54) is 0 Å². The van der Waals surface area contributed by atoms with Gasteiger partial charge >= 0.3 is 0 Å². The van der Waals surface area contributed by atoms with Gasteiger partial charge in [0, 0.05) is 29.5 Å². The van der Waals surface area contributed by atoms with Crippen LogP contribution in [0.2, 0.25) is 0 Å². The minimum Gasteiger partial charge on any atom is -0.507 e. The molecule has 5 nitrogen and oxygen atoms in total. The second-order valence-corrected chi connectivity index (χ2v) is 8.76. The number of methoxy groups -OCH3 is 1. The molecule has 0 spiro atoms. The normalized spacial score (nSPS) is 20.9. The number of phenolic OH excluding ortho intramolecular Hbond substituents is 1. The lowest BCUT2D eigenvalue weighted by Crippen LogP contribution is -2.49. The topological polar surface area (TPSA) is 67.3 Å². The highest BCUT2D eigenvalue weighted by molar-refractivity contribution is 6.01. The summed E-state index contributed by atoms with van der Waals surface area (Å²) in [5, 5.41) is 25.2. The zero-order valence-corrected chi connectivity index (χ0v) is 18.1. The number of anilines is 1. The first-order valence-electron chi connectivity index (χ1n) is 10.4. The van der Waals surface area contributed by atoms with E-state index in [0.717, 1.165) is 40.6 Å². The Labute approximate surface area is 177 Å². The molecule has 0 amide bonds. The average Bonchev–Trinajstić information content (AvgIpc) is 2.72. The highest BCUT2D eigenvalue weighted by atomic mass is 16.5. The van der Waals surface area contributed by atoms with E-state index in [1.807, 2.05) is 36.4 Å². The summed E-state index contributed by atoms with van der Waals surface area (Å²) >= 11 is 0. The fourth-order valence-corrected chi connectivity index (χ4v) is 4.12. The summed E-state index contributed by atoms with van der Waals surface area (Å²) in [6, 6.07) is 14.0. The van der Waals surface area contributed by atoms with Crippen molar-refractivity contribution in [2.45, 2.75) is 45.3 Å². The molecule has 1 fully saturated rings. The number of hydrogen-bond acceptors (Lipinski definition) is 5. The van der Waals surface area contributed by atoms with Gasteiger partial charge in [-0.3, -0.25) is 0 Å². The summed E-state index contributed by atoms with van der Waals surface area (Å²) in [4.78, 5) is 0. The monoisotopic (exact) mass is 403 g/mol. The van der Waals surface area contributed by atoms with Crippen LogP contribution in [0.5, 0.6) is 5.75 Å². The number of aromatic nitrogens is 2. The second kappa shape index (κ2) is 7.73. The molecule has 2 N–H and O–H groups in total. The van der Waals surface area contributed by atoms with Gasteiger partial charge in [0.05, 0.1) is 5.60 Å². The van der Waals surface area contributed by atoms with Gasteiger partial charge in [0.25, 0.3) is 0 Å². The number of ether oxygens (including phenoxy) is 1. The summed E-state index contributed by atoms with van der Waals surface area (Å²) in [5.74, 6) is 1.26. The molecular formula is C25H29N3O2. The SMILES string of the molecule is C=C(c1ccc(-c2nnc(NC3CC(C)(OC)C3)c3ccccc23)c(O)c1)C(C)C. The van der Waals surface area contributed by atoms with Crippen LogP contribution in [0, 0.1) is 5.92 Å². The predicted molar refractivity (Wildman–Crippen MR) is 123 cm³/mol. The molecule has 0 unspecified atom stereocenters. The Morgan fingerprint density at radius 1 is 1.17 bits per heavy atom. The zero-order chi connectivity index (χ0) is 21.5. The maximum absolute atomic E-state index is 10.7. The summed E-state index contributed by atoms with van der Waals surface area (Å²) < 4.78 is 5.55. The number of phenols is 1. The molecule has 1 aromatic heterocycles. The van der Waals surface area contributed by atoms with Gasteiger partial charge in [-0.1, -0.05) is 50.8 Å².